The van der Waals surface area contributed by atoms with E-state index in [9.17, 15) is 4.79 Å². The van der Waals surface area contributed by atoms with Crippen molar-refractivity contribution in [3.8, 4) is 0 Å². The molecule has 0 radical (unpaired) electrons. The van der Waals surface area contributed by atoms with Gasteiger partial charge in [0.15, 0.2) is 0 Å². The SMILES string of the molecule is CC1CC(CN)(C(=O)NC(C)c2ccco2)C1. The number of rotatable bonds is 4. The van der Waals surface area contributed by atoms with Crippen LogP contribution < -0.4 is 11.1 Å². The zero-order valence-electron chi connectivity index (χ0n) is 10.4. The lowest BCUT2D eigenvalue weighted by molar-refractivity contribution is -0.138. The first-order chi connectivity index (χ1) is 8.07. The second kappa shape index (κ2) is 4.53. The van der Waals surface area contributed by atoms with E-state index in [0.717, 1.165) is 18.6 Å². The lowest BCUT2D eigenvalue weighted by Gasteiger charge is -2.44. The van der Waals surface area contributed by atoms with Gasteiger partial charge >= 0.3 is 0 Å². The number of hydrogen-bond acceptors (Lipinski definition) is 3. The van der Waals surface area contributed by atoms with Crippen molar-refractivity contribution in [2.24, 2.45) is 17.1 Å². The molecular weight excluding hydrogens is 216 g/mol. The number of carbonyl (C=O) groups excluding carboxylic acids is 1. The van der Waals surface area contributed by atoms with E-state index in [0.29, 0.717) is 12.5 Å². The molecule has 1 heterocycles. The number of nitrogens with two attached hydrogens (primary N) is 1. The smallest absolute Gasteiger partial charge is 0.228 e. The Kier molecular flexibility index (Phi) is 3.24. The molecule has 1 aromatic heterocycles. The van der Waals surface area contributed by atoms with Gasteiger partial charge in [0.25, 0.3) is 0 Å². The second-order valence-electron chi connectivity index (χ2n) is 5.21. The van der Waals surface area contributed by atoms with Gasteiger partial charge in [-0.05, 0) is 37.8 Å². The molecule has 94 valence electrons. The molecule has 0 aromatic carbocycles. The summed E-state index contributed by atoms with van der Waals surface area (Å²) >= 11 is 0. The summed E-state index contributed by atoms with van der Waals surface area (Å²) in [6.07, 6.45) is 3.39. The van der Waals surface area contributed by atoms with Gasteiger partial charge in [-0.2, -0.15) is 0 Å². The van der Waals surface area contributed by atoms with Crippen LogP contribution in [0.4, 0.5) is 0 Å². The van der Waals surface area contributed by atoms with Crippen molar-refractivity contribution in [1.82, 2.24) is 5.32 Å². The Labute approximate surface area is 102 Å². The molecular formula is C13H20N2O2. The topological polar surface area (TPSA) is 68.3 Å². The number of amides is 1. The predicted octanol–water partition coefficient (Wildman–Crippen LogP) is 1.83. The fourth-order valence-electron chi connectivity index (χ4n) is 2.68. The molecule has 17 heavy (non-hydrogen) atoms. The Balaban J connectivity index is 1.97. The molecule has 1 aliphatic rings. The van der Waals surface area contributed by atoms with Gasteiger partial charge in [0.05, 0.1) is 17.7 Å². The van der Waals surface area contributed by atoms with E-state index in [1.807, 2.05) is 19.1 Å². The molecule has 0 bridgehead atoms. The summed E-state index contributed by atoms with van der Waals surface area (Å²) < 4.78 is 5.27. The van der Waals surface area contributed by atoms with Gasteiger partial charge in [0, 0.05) is 6.54 Å². The predicted molar refractivity (Wildman–Crippen MR) is 65.2 cm³/mol. The number of nitrogens with one attached hydrogen (secondary N) is 1. The van der Waals surface area contributed by atoms with Gasteiger partial charge in [-0.15, -0.1) is 0 Å². The van der Waals surface area contributed by atoms with Gasteiger partial charge in [-0.25, -0.2) is 0 Å². The zero-order valence-corrected chi connectivity index (χ0v) is 10.4. The first-order valence-corrected chi connectivity index (χ1v) is 6.12. The van der Waals surface area contributed by atoms with Gasteiger partial charge in [0.2, 0.25) is 5.91 Å². The van der Waals surface area contributed by atoms with Crippen LogP contribution in [0.2, 0.25) is 0 Å². The molecule has 1 aliphatic carbocycles. The number of hydrogen-bond donors (Lipinski definition) is 2. The molecule has 1 amide bonds. The molecule has 3 N–H and O–H groups in total. The average Bonchev–Trinajstić information content (AvgIpc) is 2.77. The van der Waals surface area contributed by atoms with Crippen molar-refractivity contribution in [3.05, 3.63) is 24.2 Å². The summed E-state index contributed by atoms with van der Waals surface area (Å²) in [4.78, 5) is 12.2. The fraction of sp³-hybridized carbons (Fsp3) is 0.615. The van der Waals surface area contributed by atoms with Crippen molar-refractivity contribution in [3.63, 3.8) is 0 Å². The summed E-state index contributed by atoms with van der Waals surface area (Å²) in [6.45, 7) is 4.49. The van der Waals surface area contributed by atoms with Crippen LogP contribution >= 0.6 is 0 Å². The average molecular weight is 236 g/mol. The van der Waals surface area contributed by atoms with Gasteiger partial charge in [0.1, 0.15) is 5.76 Å². The number of carbonyl (C=O) groups is 1. The first-order valence-electron chi connectivity index (χ1n) is 6.12. The Hall–Kier alpha value is -1.29. The van der Waals surface area contributed by atoms with Gasteiger partial charge in [-0.3, -0.25) is 4.79 Å². The lowest BCUT2D eigenvalue weighted by atomic mass is 9.62. The molecule has 4 heteroatoms. The molecule has 0 spiro atoms. The van der Waals surface area contributed by atoms with Crippen LogP contribution in [0, 0.1) is 11.3 Å². The zero-order chi connectivity index (χ0) is 12.5. The lowest BCUT2D eigenvalue weighted by Crippen LogP contribution is -2.53. The normalized spacial score (nSPS) is 29.5. The first kappa shape index (κ1) is 12.2. The molecule has 0 saturated heterocycles. The van der Waals surface area contributed by atoms with Crippen molar-refractivity contribution < 1.29 is 9.21 Å². The Morgan fingerprint density at radius 3 is 2.88 bits per heavy atom. The van der Waals surface area contributed by atoms with Crippen LogP contribution in [0.25, 0.3) is 0 Å². The van der Waals surface area contributed by atoms with Crippen molar-refractivity contribution in [2.75, 3.05) is 6.54 Å². The van der Waals surface area contributed by atoms with E-state index >= 15 is 0 Å². The highest BCUT2D eigenvalue weighted by Crippen LogP contribution is 2.45. The molecule has 4 nitrogen and oxygen atoms in total. The Bertz CT molecular complexity index is 380. The monoisotopic (exact) mass is 236 g/mol. The molecule has 2 rings (SSSR count). The molecule has 1 aromatic rings. The molecule has 0 aliphatic heterocycles. The maximum Gasteiger partial charge on any atom is 0.228 e. The van der Waals surface area contributed by atoms with E-state index in [-0.39, 0.29) is 17.4 Å². The summed E-state index contributed by atoms with van der Waals surface area (Å²) in [5.41, 5.74) is 5.40. The maximum absolute atomic E-state index is 12.2. The Morgan fingerprint density at radius 2 is 2.41 bits per heavy atom. The minimum atomic E-state index is -0.347. The highest BCUT2D eigenvalue weighted by Gasteiger charge is 2.47. The maximum atomic E-state index is 12.2. The number of furan rings is 1. The third-order valence-electron chi connectivity index (χ3n) is 3.67. The van der Waals surface area contributed by atoms with Crippen LogP contribution in [0.15, 0.2) is 22.8 Å². The quantitative estimate of drug-likeness (QED) is 0.838. The van der Waals surface area contributed by atoms with Crippen LogP contribution in [0.1, 0.15) is 38.5 Å². The fourth-order valence-corrected chi connectivity index (χ4v) is 2.68. The molecule has 1 unspecified atom stereocenters. The summed E-state index contributed by atoms with van der Waals surface area (Å²) in [5, 5.41) is 2.98. The van der Waals surface area contributed by atoms with E-state index in [2.05, 4.69) is 12.2 Å². The minimum absolute atomic E-state index is 0.0574. The van der Waals surface area contributed by atoms with E-state index in [1.54, 1.807) is 6.26 Å². The third-order valence-corrected chi connectivity index (χ3v) is 3.67. The van der Waals surface area contributed by atoms with Crippen molar-refractivity contribution in [2.45, 2.75) is 32.7 Å². The third kappa shape index (κ3) is 2.22. The van der Waals surface area contributed by atoms with E-state index in [4.69, 9.17) is 10.2 Å². The van der Waals surface area contributed by atoms with Gasteiger partial charge < -0.3 is 15.5 Å². The van der Waals surface area contributed by atoms with Gasteiger partial charge in [-0.1, -0.05) is 6.92 Å². The van der Waals surface area contributed by atoms with Crippen LogP contribution in [0.3, 0.4) is 0 Å². The van der Waals surface area contributed by atoms with Crippen LogP contribution in [0.5, 0.6) is 0 Å². The minimum Gasteiger partial charge on any atom is -0.467 e. The van der Waals surface area contributed by atoms with Crippen molar-refractivity contribution in [1.29, 1.82) is 0 Å². The second-order valence-corrected chi connectivity index (χ2v) is 5.21. The summed E-state index contributed by atoms with van der Waals surface area (Å²) in [7, 11) is 0. The Morgan fingerprint density at radius 1 is 1.71 bits per heavy atom. The highest BCUT2D eigenvalue weighted by atomic mass is 16.3. The molecule has 1 fully saturated rings. The van der Waals surface area contributed by atoms with Crippen LogP contribution in [-0.4, -0.2) is 12.5 Å². The molecule has 1 saturated carbocycles. The van der Waals surface area contributed by atoms with Crippen LogP contribution in [-0.2, 0) is 4.79 Å². The highest BCUT2D eigenvalue weighted by molar-refractivity contribution is 5.84. The largest absolute Gasteiger partial charge is 0.467 e. The van der Waals surface area contributed by atoms with E-state index in [1.165, 1.54) is 0 Å². The standard InChI is InChI=1S/C13H20N2O2/c1-9-6-13(7-9,8-14)12(16)15-10(2)11-4-3-5-17-11/h3-5,9-10H,6-8,14H2,1-2H3,(H,15,16). The van der Waals surface area contributed by atoms with Crippen molar-refractivity contribution >= 4 is 5.91 Å². The summed E-state index contributed by atoms with van der Waals surface area (Å²) in [5.74, 6) is 1.43. The van der Waals surface area contributed by atoms with E-state index < -0.39 is 0 Å². The summed E-state index contributed by atoms with van der Waals surface area (Å²) in [6, 6.07) is 3.59. The molecule has 1 atom stereocenters.